The van der Waals surface area contributed by atoms with E-state index in [0.717, 1.165) is 157 Å². The number of hydrogen-bond acceptors (Lipinski definition) is 13. The quantitative estimate of drug-likeness (QED) is 0.105. The molecule has 3 aliphatic heterocycles. The molecule has 15 rings (SSSR count). The summed E-state index contributed by atoms with van der Waals surface area (Å²) in [4.78, 5) is 19.2. The maximum atomic E-state index is 15.2. The molecule has 0 saturated carbocycles. The van der Waals surface area contributed by atoms with Gasteiger partial charge in [-0.05, 0) is 214 Å². The lowest BCUT2D eigenvalue weighted by Gasteiger charge is -2.23. The zero-order valence-corrected chi connectivity index (χ0v) is 50.0. The van der Waals surface area contributed by atoms with E-state index in [-0.39, 0.29) is 30.0 Å². The van der Waals surface area contributed by atoms with Gasteiger partial charge < -0.3 is 25.6 Å². The molecule has 0 amide bonds. The fourth-order valence-electron chi connectivity index (χ4n) is 13.0. The summed E-state index contributed by atoms with van der Waals surface area (Å²) < 4.78 is 62.8. The summed E-state index contributed by atoms with van der Waals surface area (Å²) in [7, 11) is 1.75. The van der Waals surface area contributed by atoms with Gasteiger partial charge in [-0.1, -0.05) is 6.07 Å². The maximum absolute atomic E-state index is 15.2. The van der Waals surface area contributed by atoms with Crippen LogP contribution in [0.2, 0.25) is 0 Å². The molecule has 8 aromatic heterocycles. The Hall–Kier alpha value is -8.69. The Labute approximate surface area is 505 Å². The number of halogens is 4. The van der Waals surface area contributed by atoms with Crippen LogP contribution in [0.25, 0.3) is 93.9 Å². The van der Waals surface area contributed by atoms with Crippen molar-refractivity contribution in [1.29, 1.82) is 0 Å². The summed E-state index contributed by atoms with van der Waals surface area (Å²) in [6.45, 7) is 14.5. The number of fused-ring (bicyclic) bond motifs is 6. The summed E-state index contributed by atoms with van der Waals surface area (Å²) in [5, 5.41) is 45.8. The molecule has 4 N–H and O–H groups in total. The molecule has 3 fully saturated rings. The Morgan fingerprint density at radius 2 is 1.20 bits per heavy atom. The molecule has 3 aliphatic rings. The van der Waals surface area contributed by atoms with Crippen LogP contribution in [0.5, 0.6) is 0 Å². The largest absolute Gasteiger partial charge is 0.395 e. The van der Waals surface area contributed by atoms with Crippen molar-refractivity contribution in [3.05, 3.63) is 166 Å². The van der Waals surface area contributed by atoms with Crippen molar-refractivity contribution < 1.29 is 22.7 Å². The molecule has 1 atom stereocenters. The number of nitrogens with zero attached hydrogens (tertiary/aromatic N) is 12. The number of likely N-dealkylation sites (tertiary alicyclic amines) is 1. The normalized spacial score (nSPS) is 16.4. The zero-order chi connectivity index (χ0) is 60.7. The number of piperidine rings is 2. The van der Waals surface area contributed by atoms with Gasteiger partial charge in [-0.3, -0.25) is 9.67 Å². The van der Waals surface area contributed by atoms with Crippen LogP contribution in [0, 0.1) is 51.0 Å². The minimum atomic E-state index is -0.406. The second-order valence-corrected chi connectivity index (χ2v) is 23.9. The number of β-amino-alcohol motifs (C(OH)–C–C–N with tert-alkyl or cyclic N) is 1. The third-order valence-electron chi connectivity index (χ3n) is 17.6. The fourth-order valence-corrected chi connectivity index (χ4v) is 13.0. The first-order valence-corrected chi connectivity index (χ1v) is 30.4. The average molecular weight is 1190 g/mol. The Morgan fingerprint density at radius 3 is 1.93 bits per heavy atom. The number of aliphatic hydroxyl groups is 1. The van der Waals surface area contributed by atoms with Crippen LogP contribution in [0.15, 0.2) is 103 Å². The summed E-state index contributed by atoms with van der Waals surface area (Å²) in [6.07, 6.45) is 10.7. The molecule has 450 valence electrons. The number of aliphatic hydroxyl groups excluding tert-OH is 1. The number of aromatic amines is 1. The Morgan fingerprint density at radius 1 is 0.545 bits per heavy atom. The maximum Gasteiger partial charge on any atom is 0.156 e. The molecule has 12 aromatic rings. The van der Waals surface area contributed by atoms with Crippen LogP contribution in [-0.2, 0) is 7.05 Å². The number of nitrogens with one attached hydrogen (secondary N) is 3. The molecule has 20 heteroatoms. The van der Waals surface area contributed by atoms with E-state index in [9.17, 15) is 18.3 Å². The van der Waals surface area contributed by atoms with E-state index in [1.165, 1.54) is 12.1 Å². The van der Waals surface area contributed by atoms with Crippen molar-refractivity contribution in [2.75, 3.05) is 52.4 Å². The lowest BCUT2D eigenvalue weighted by Crippen LogP contribution is -2.27. The van der Waals surface area contributed by atoms with Crippen LogP contribution >= 0.6 is 0 Å². The molecule has 0 spiro atoms. The average Bonchev–Trinajstić information content (AvgIpc) is 2.84. The number of benzene rings is 4. The van der Waals surface area contributed by atoms with E-state index >= 15 is 4.39 Å². The van der Waals surface area contributed by atoms with Crippen molar-refractivity contribution in [1.82, 2.24) is 75.3 Å². The van der Waals surface area contributed by atoms with E-state index in [4.69, 9.17) is 0 Å². The minimum absolute atomic E-state index is 0.176. The van der Waals surface area contributed by atoms with Crippen molar-refractivity contribution in [3.63, 3.8) is 0 Å². The lowest BCUT2D eigenvalue weighted by atomic mass is 9.89. The number of imidazole rings is 1. The standard InChI is InChI=1S/C24H27FN6O.C22H20F2N4.C22H22FN5/c1-15-10-22(29-31-14-16(2)26-24(15)31)18-11-20(25)19-13-21(27-28-23(19)12-18)17-4-3-6-30(7-5-17)8-9-32;1-28-12-17-9-16(11-19(24)22(17)27-28)20-3-2-14-8-15(10-18(23)21(14)26-20)13-4-6-25-7-5-13;1-12-7-21-16(13(2)25-12)10-19(26-21)15-8-18(23)17-11-20(27-28-22(17)9-15)14-3-5-24-6-4-14/h10-14,17,32H,3-9H2,1-2H3;2-3,8-13,25H,4-7H2,1H3;7-11,14,24,26H,3-6H2,1-2H3. The van der Waals surface area contributed by atoms with Gasteiger partial charge in [0.25, 0.3) is 0 Å². The molecule has 1 unspecified atom stereocenters. The number of rotatable bonds is 8. The Bertz CT molecular complexity index is 4590. The van der Waals surface area contributed by atoms with E-state index in [0.29, 0.717) is 79.1 Å². The van der Waals surface area contributed by atoms with Crippen LogP contribution in [0.1, 0.15) is 102 Å². The second kappa shape index (κ2) is 24.8. The highest BCUT2D eigenvalue weighted by Crippen LogP contribution is 2.36. The molecule has 3 saturated heterocycles. The van der Waals surface area contributed by atoms with Crippen LogP contribution in [-0.4, -0.2) is 122 Å². The number of aryl methyl sites for hydroxylation is 5. The van der Waals surface area contributed by atoms with Gasteiger partial charge in [0, 0.05) is 97.8 Å². The van der Waals surface area contributed by atoms with Crippen molar-refractivity contribution in [2.45, 2.75) is 90.4 Å². The van der Waals surface area contributed by atoms with Gasteiger partial charge in [-0.2, -0.15) is 30.6 Å². The first-order chi connectivity index (χ1) is 42.7. The molecule has 88 heavy (non-hydrogen) atoms. The highest BCUT2D eigenvalue weighted by atomic mass is 19.1. The first kappa shape index (κ1) is 58.3. The summed E-state index contributed by atoms with van der Waals surface area (Å²) in [6, 6.07) is 27.1. The van der Waals surface area contributed by atoms with Crippen molar-refractivity contribution in [3.8, 4) is 33.8 Å². The van der Waals surface area contributed by atoms with Gasteiger partial charge in [0.1, 0.15) is 28.5 Å². The number of aromatic nitrogens is 12. The molecule has 11 heterocycles. The van der Waals surface area contributed by atoms with E-state index in [2.05, 4.69) is 66.1 Å². The first-order valence-electron chi connectivity index (χ1n) is 30.4. The molecular weight excluding hydrogens is 1120 g/mol. The molecule has 0 bridgehead atoms. The van der Waals surface area contributed by atoms with Gasteiger partial charge in [0.2, 0.25) is 0 Å². The van der Waals surface area contributed by atoms with Gasteiger partial charge in [-0.25, -0.2) is 32.0 Å². The third kappa shape index (κ3) is 12.2. The third-order valence-corrected chi connectivity index (χ3v) is 17.6. The summed E-state index contributed by atoms with van der Waals surface area (Å²) in [5.74, 6) is -0.322. The lowest BCUT2D eigenvalue weighted by molar-refractivity contribution is 0.200. The zero-order valence-electron chi connectivity index (χ0n) is 50.0. The summed E-state index contributed by atoms with van der Waals surface area (Å²) >= 11 is 0. The van der Waals surface area contributed by atoms with E-state index in [1.807, 2.05) is 101 Å². The minimum Gasteiger partial charge on any atom is -0.395 e. The van der Waals surface area contributed by atoms with Gasteiger partial charge >= 0.3 is 0 Å². The Kier molecular flexibility index (Phi) is 16.5. The predicted molar refractivity (Wildman–Crippen MR) is 336 cm³/mol. The number of hydrogen-bond donors (Lipinski definition) is 4. The van der Waals surface area contributed by atoms with Crippen LogP contribution < -0.4 is 10.6 Å². The smallest absolute Gasteiger partial charge is 0.156 e. The summed E-state index contributed by atoms with van der Waals surface area (Å²) in [5.41, 5.74) is 14.2. The van der Waals surface area contributed by atoms with Crippen LogP contribution in [0.3, 0.4) is 0 Å². The highest BCUT2D eigenvalue weighted by molar-refractivity contribution is 5.91. The number of H-pyrrole nitrogens is 1. The van der Waals surface area contributed by atoms with Crippen LogP contribution in [0.4, 0.5) is 17.6 Å². The molecule has 16 nitrogen and oxygen atoms in total. The van der Waals surface area contributed by atoms with Gasteiger partial charge in [-0.15, -0.1) is 0 Å². The molecule has 0 radical (unpaired) electrons. The molecular formula is C68H69F4N15O. The van der Waals surface area contributed by atoms with Gasteiger partial charge in [0.15, 0.2) is 11.5 Å². The van der Waals surface area contributed by atoms with E-state index in [1.54, 1.807) is 34.6 Å². The van der Waals surface area contributed by atoms with Crippen molar-refractivity contribution in [2.24, 2.45) is 7.05 Å². The van der Waals surface area contributed by atoms with Crippen molar-refractivity contribution >= 4 is 60.2 Å². The Balaban J connectivity index is 0.000000122. The predicted octanol–water partition coefficient (Wildman–Crippen LogP) is 12.6. The fraction of sp³-hybridized carbons (Fsp3) is 0.338. The number of pyridine rings is 2. The topological polar surface area (TPSA) is 189 Å². The van der Waals surface area contributed by atoms with Gasteiger partial charge in [0.05, 0.1) is 52.3 Å². The highest BCUT2D eigenvalue weighted by Gasteiger charge is 2.24. The second-order valence-electron chi connectivity index (χ2n) is 23.9. The molecule has 0 aliphatic carbocycles. The monoisotopic (exact) mass is 1190 g/mol. The SMILES string of the molecule is Cc1cc2[nH]c(-c3cc(F)c4cc(C5CCNCC5)nnc4c3)cc2c(C)n1.Cc1cn2nc(-c3cc(F)c4cc(C5CCCN(CCO)CC5)nnc4c3)cc(C)c2n1.Cn1cc2cc(-c3ccc4cc(C5CCNCC5)cc(F)c4n3)cc(F)c2n1. The van der Waals surface area contributed by atoms with E-state index < -0.39 is 5.82 Å². The molecule has 4 aromatic carbocycles.